The van der Waals surface area contributed by atoms with Gasteiger partial charge in [-0.2, -0.15) is 0 Å². The number of ether oxygens (including phenoxy) is 1. The van der Waals surface area contributed by atoms with Crippen molar-refractivity contribution in [2.24, 2.45) is 4.99 Å². The van der Waals surface area contributed by atoms with Crippen LogP contribution in [0.3, 0.4) is 0 Å². The molecule has 1 aromatic carbocycles. The Labute approximate surface area is 209 Å². The van der Waals surface area contributed by atoms with E-state index in [9.17, 15) is 4.39 Å². The molecule has 6 nitrogen and oxygen atoms in total. The molecule has 1 fully saturated rings. The maximum absolute atomic E-state index is 13.6. The fourth-order valence-electron chi connectivity index (χ4n) is 4.11. The Hall–Kier alpha value is -1.69. The molecule has 1 saturated heterocycles. The van der Waals surface area contributed by atoms with Gasteiger partial charge in [-0.05, 0) is 48.6 Å². The van der Waals surface area contributed by atoms with Crippen molar-refractivity contribution in [1.29, 1.82) is 0 Å². The first-order valence-electron chi connectivity index (χ1n) is 10.7. The van der Waals surface area contributed by atoms with E-state index in [0.717, 1.165) is 55.1 Å². The van der Waals surface area contributed by atoms with Crippen molar-refractivity contribution >= 4 is 52.2 Å². The average molecular weight is 572 g/mol. The molecule has 4 rings (SSSR count). The number of morpholine rings is 1. The smallest absolute Gasteiger partial charge is 0.191 e. The van der Waals surface area contributed by atoms with Crippen molar-refractivity contribution < 1.29 is 9.13 Å². The zero-order valence-corrected chi connectivity index (χ0v) is 21.6. The van der Waals surface area contributed by atoms with E-state index in [1.165, 1.54) is 10.9 Å². The van der Waals surface area contributed by atoms with Crippen molar-refractivity contribution in [3.8, 4) is 0 Å². The Morgan fingerprint density at radius 1 is 1.38 bits per heavy atom. The molecule has 9 heteroatoms. The lowest BCUT2D eigenvalue weighted by Crippen LogP contribution is -2.48. The van der Waals surface area contributed by atoms with Crippen molar-refractivity contribution in [3.05, 3.63) is 58.2 Å². The van der Waals surface area contributed by atoms with Gasteiger partial charge in [-0.15, -0.1) is 35.3 Å². The van der Waals surface area contributed by atoms with Crippen molar-refractivity contribution in [3.63, 3.8) is 0 Å². The summed E-state index contributed by atoms with van der Waals surface area (Å²) in [5.41, 5.74) is 2.05. The van der Waals surface area contributed by atoms with E-state index in [1.54, 1.807) is 30.5 Å². The second kappa shape index (κ2) is 12.0. The highest BCUT2D eigenvalue weighted by Gasteiger charge is 2.26. The predicted octanol–water partition coefficient (Wildman–Crippen LogP) is 4.16. The molecule has 0 bridgehead atoms. The molecule has 0 amide bonds. The zero-order valence-electron chi connectivity index (χ0n) is 18.4. The van der Waals surface area contributed by atoms with Crippen LogP contribution in [0.15, 0.2) is 46.9 Å². The van der Waals surface area contributed by atoms with Crippen LogP contribution < -0.4 is 10.6 Å². The number of guanidine groups is 1. The Kier molecular flexibility index (Phi) is 9.33. The van der Waals surface area contributed by atoms with Gasteiger partial charge >= 0.3 is 0 Å². The monoisotopic (exact) mass is 571 g/mol. The molecule has 3 N–H and O–H groups in total. The second-order valence-corrected chi connectivity index (χ2v) is 8.82. The van der Waals surface area contributed by atoms with Crippen molar-refractivity contribution in [2.75, 3.05) is 39.8 Å². The van der Waals surface area contributed by atoms with Crippen LogP contribution in [0.4, 0.5) is 4.39 Å². The summed E-state index contributed by atoms with van der Waals surface area (Å²) in [4.78, 5) is 11.4. The lowest BCUT2D eigenvalue weighted by atomic mass is 10.1. The number of thiophene rings is 1. The van der Waals surface area contributed by atoms with E-state index in [0.29, 0.717) is 6.54 Å². The van der Waals surface area contributed by atoms with Crippen LogP contribution in [0.1, 0.15) is 23.4 Å². The van der Waals surface area contributed by atoms with Crippen molar-refractivity contribution in [1.82, 2.24) is 20.5 Å². The first-order valence-corrected chi connectivity index (χ1v) is 11.6. The summed E-state index contributed by atoms with van der Waals surface area (Å²) in [6, 6.07) is 9.42. The standard InChI is InChI=1S/C23H30FN5OS.HI/c1-16-15-29(9-10-30-16)21(22-4-3-11-31-22)14-28-23(25-2)26-8-7-17-13-27-20-6-5-18(24)12-19(17)20;/h3-6,11-13,16,21,27H,7-10,14-15H2,1-2H3,(H2,25,26,28);1H. The number of benzene rings is 1. The van der Waals surface area contributed by atoms with Gasteiger partial charge in [0.1, 0.15) is 5.82 Å². The maximum Gasteiger partial charge on any atom is 0.191 e. The number of rotatable bonds is 7. The molecule has 2 unspecified atom stereocenters. The Morgan fingerprint density at radius 3 is 3.00 bits per heavy atom. The van der Waals surface area contributed by atoms with Crippen LogP contribution in [0.2, 0.25) is 0 Å². The van der Waals surface area contributed by atoms with Gasteiger partial charge in [0.2, 0.25) is 0 Å². The number of halogens is 2. The fourth-order valence-corrected chi connectivity index (χ4v) is 4.97. The predicted molar refractivity (Wildman–Crippen MR) is 141 cm³/mol. The molecular formula is C23H31FIN5OS. The molecule has 3 heterocycles. The number of hydrogen-bond acceptors (Lipinski definition) is 4. The SMILES string of the molecule is CN=C(NCCc1c[nH]c2ccc(F)cc12)NCC(c1cccs1)N1CCOC(C)C1.I. The molecular weight excluding hydrogens is 540 g/mol. The molecule has 3 aromatic rings. The summed E-state index contributed by atoms with van der Waals surface area (Å²) < 4.78 is 19.3. The minimum Gasteiger partial charge on any atom is -0.376 e. The quantitative estimate of drug-likeness (QED) is 0.227. The average Bonchev–Trinajstić information content (AvgIpc) is 3.43. The Balaban J connectivity index is 0.00000289. The molecule has 1 aliphatic heterocycles. The Morgan fingerprint density at radius 2 is 2.25 bits per heavy atom. The van der Waals surface area contributed by atoms with Gasteiger partial charge in [0.05, 0.1) is 18.8 Å². The number of nitrogens with one attached hydrogen (secondary N) is 3. The molecule has 2 atom stereocenters. The van der Waals surface area contributed by atoms with Gasteiger partial charge in [0.25, 0.3) is 0 Å². The zero-order chi connectivity index (χ0) is 21.6. The van der Waals surface area contributed by atoms with Gasteiger partial charge in [-0.3, -0.25) is 9.89 Å². The van der Waals surface area contributed by atoms with Crippen molar-refractivity contribution in [2.45, 2.75) is 25.5 Å². The van der Waals surface area contributed by atoms with Gasteiger partial charge in [-0.25, -0.2) is 4.39 Å². The third-order valence-electron chi connectivity index (χ3n) is 5.69. The molecule has 174 valence electrons. The molecule has 0 saturated carbocycles. The van der Waals surface area contributed by atoms with Gasteiger partial charge in [-0.1, -0.05) is 6.07 Å². The summed E-state index contributed by atoms with van der Waals surface area (Å²) >= 11 is 1.79. The lowest BCUT2D eigenvalue weighted by molar-refractivity contribution is -0.0334. The van der Waals surface area contributed by atoms with E-state index in [4.69, 9.17) is 4.74 Å². The largest absolute Gasteiger partial charge is 0.376 e. The molecule has 32 heavy (non-hydrogen) atoms. The van der Waals surface area contributed by atoms with E-state index in [1.807, 2.05) is 6.20 Å². The van der Waals surface area contributed by atoms with Crippen LogP contribution in [-0.2, 0) is 11.2 Å². The summed E-state index contributed by atoms with van der Waals surface area (Å²) in [5.74, 6) is 0.560. The topological polar surface area (TPSA) is 64.7 Å². The first kappa shape index (κ1) is 24.9. The first-order chi connectivity index (χ1) is 15.1. The normalized spacial score (nSPS) is 18.3. The summed E-state index contributed by atoms with van der Waals surface area (Å²) in [7, 11) is 1.79. The fraction of sp³-hybridized carbons (Fsp3) is 0.435. The van der Waals surface area contributed by atoms with Gasteiger partial charge < -0.3 is 20.4 Å². The third-order valence-corrected chi connectivity index (χ3v) is 6.66. The van der Waals surface area contributed by atoms with Crippen LogP contribution in [0, 0.1) is 5.82 Å². The highest BCUT2D eigenvalue weighted by molar-refractivity contribution is 14.0. The lowest BCUT2D eigenvalue weighted by Gasteiger charge is -2.37. The van der Waals surface area contributed by atoms with Crippen LogP contribution in [0.25, 0.3) is 10.9 Å². The summed E-state index contributed by atoms with van der Waals surface area (Å²) in [5, 5.41) is 9.94. The number of fused-ring (bicyclic) bond motifs is 1. The third kappa shape index (κ3) is 6.21. The molecule has 0 spiro atoms. The maximum atomic E-state index is 13.6. The van der Waals surface area contributed by atoms with Crippen LogP contribution >= 0.6 is 35.3 Å². The number of aromatic nitrogens is 1. The molecule has 2 aromatic heterocycles. The van der Waals surface area contributed by atoms with E-state index in [2.05, 4.69) is 49.9 Å². The van der Waals surface area contributed by atoms with Gasteiger partial charge in [0, 0.05) is 55.2 Å². The minimum absolute atomic E-state index is 0. The summed E-state index contributed by atoms with van der Waals surface area (Å²) in [6.07, 6.45) is 2.98. The van der Waals surface area contributed by atoms with E-state index in [-0.39, 0.29) is 41.9 Å². The van der Waals surface area contributed by atoms with Crippen LogP contribution in [-0.4, -0.2) is 61.8 Å². The second-order valence-electron chi connectivity index (χ2n) is 7.84. The number of aliphatic imine (C=N–C) groups is 1. The number of aromatic amines is 1. The highest BCUT2D eigenvalue weighted by Crippen LogP contribution is 2.26. The molecule has 1 aliphatic rings. The van der Waals surface area contributed by atoms with E-state index < -0.39 is 0 Å². The number of nitrogens with zero attached hydrogens (tertiary/aromatic N) is 2. The minimum atomic E-state index is -0.212. The number of hydrogen-bond donors (Lipinski definition) is 3. The summed E-state index contributed by atoms with van der Waals surface area (Å²) in [6.45, 7) is 6.22. The highest BCUT2D eigenvalue weighted by atomic mass is 127. The Bertz CT molecular complexity index is 1010. The number of H-pyrrole nitrogens is 1. The molecule has 0 radical (unpaired) electrons. The van der Waals surface area contributed by atoms with Gasteiger partial charge in [0.15, 0.2) is 5.96 Å². The molecule has 0 aliphatic carbocycles. The van der Waals surface area contributed by atoms with E-state index >= 15 is 0 Å². The van der Waals surface area contributed by atoms with Crippen LogP contribution in [0.5, 0.6) is 0 Å².